The van der Waals surface area contributed by atoms with E-state index in [4.69, 9.17) is 5.73 Å². The third kappa shape index (κ3) is 3.17. The summed E-state index contributed by atoms with van der Waals surface area (Å²) < 4.78 is 14.3. The van der Waals surface area contributed by atoms with Gasteiger partial charge < -0.3 is 16.0 Å². The first-order valence-corrected chi connectivity index (χ1v) is 5.89. The first-order chi connectivity index (χ1) is 8.01. The summed E-state index contributed by atoms with van der Waals surface area (Å²) in [5.74, 6) is -0.578. The molecule has 4 nitrogen and oxygen atoms in total. The molecule has 6 heteroatoms. The van der Waals surface area contributed by atoms with Crippen LogP contribution in [-0.4, -0.2) is 26.5 Å². The molecule has 0 aliphatic rings. The van der Waals surface area contributed by atoms with Gasteiger partial charge in [-0.25, -0.2) is 4.39 Å². The summed E-state index contributed by atoms with van der Waals surface area (Å²) in [5, 5.41) is 2.49. The standard InChI is InChI=1S/C11H15BrFN3O/c1-15-9(17)6-16(2)8-4-3-7(5-14)10(12)11(8)13/h3-4H,5-6,14H2,1-2H3,(H,15,17). The predicted octanol–water partition coefficient (Wildman–Crippen LogP) is 1.23. The number of carbonyl (C=O) groups excluding carboxylic acids is 1. The smallest absolute Gasteiger partial charge is 0.239 e. The molecular weight excluding hydrogens is 289 g/mol. The summed E-state index contributed by atoms with van der Waals surface area (Å²) in [4.78, 5) is 12.7. The first kappa shape index (κ1) is 13.9. The minimum Gasteiger partial charge on any atom is -0.363 e. The molecule has 0 heterocycles. The Balaban J connectivity index is 2.99. The monoisotopic (exact) mass is 303 g/mol. The quantitative estimate of drug-likeness (QED) is 0.879. The van der Waals surface area contributed by atoms with Crippen LogP contribution in [0.15, 0.2) is 16.6 Å². The molecule has 0 saturated carbocycles. The van der Waals surface area contributed by atoms with Crippen molar-refractivity contribution in [3.05, 3.63) is 28.0 Å². The van der Waals surface area contributed by atoms with E-state index in [0.717, 1.165) is 0 Å². The number of nitrogens with zero attached hydrogens (tertiary/aromatic N) is 1. The number of anilines is 1. The Bertz CT molecular complexity index is 425. The average Bonchev–Trinajstić information content (AvgIpc) is 2.32. The number of halogens is 2. The fourth-order valence-corrected chi connectivity index (χ4v) is 1.91. The fourth-order valence-electron chi connectivity index (χ4n) is 1.41. The highest BCUT2D eigenvalue weighted by Crippen LogP contribution is 2.28. The van der Waals surface area contributed by atoms with E-state index in [1.165, 1.54) is 0 Å². The van der Waals surface area contributed by atoms with E-state index in [-0.39, 0.29) is 19.0 Å². The minimum absolute atomic E-state index is 0.0990. The van der Waals surface area contributed by atoms with Crippen LogP contribution in [-0.2, 0) is 11.3 Å². The van der Waals surface area contributed by atoms with Gasteiger partial charge in [0.1, 0.15) is 0 Å². The molecule has 94 valence electrons. The second-order valence-electron chi connectivity index (χ2n) is 3.61. The molecule has 0 aromatic heterocycles. The SMILES string of the molecule is CNC(=O)CN(C)c1ccc(CN)c(Br)c1F. The number of carbonyl (C=O) groups is 1. The second kappa shape index (κ2) is 5.97. The lowest BCUT2D eigenvalue weighted by molar-refractivity contribution is -0.119. The van der Waals surface area contributed by atoms with Crippen LogP contribution >= 0.6 is 15.9 Å². The summed E-state index contributed by atoms with van der Waals surface area (Å²) in [7, 11) is 3.20. The molecule has 0 bridgehead atoms. The van der Waals surface area contributed by atoms with E-state index < -0.39 is 5.82 Å². The molecule has 1 aromatic rings. The average molecular weight is 304 g/mol. The number of benzene rings is 1. The van der Waals surface area contributed by atoms with Crippen LogP contribution in [0, 0.1) is 5.82 Å². The highest BCUT2D eigenvalue weighted by Gasteiger charge is 2.15. The summed E-state index contributed by atoms with van der Waals surface area (Å²) in [6, 6.07) is 3.36. The number of rotatable bonds is 4. The molecule has 0 aliphatic carbocycles. The van der Waals surface area contributed by atoms with Crippen LogP contribution in [0.3, 0.4) is 0 Å². The molecule has 0 fully saturated rings. The molecule has 0 radical (unpaired) electrons. The zero-order valence-corrected chi connectivity index (χ0v) is 11.3. The van der Waals surface area contributed by atoms with Crippen LogP contribution in [0.5, 0.6) is 0 Å². The van der Waals surface area contributed by atoms with Crippen molar-refractivity contribution >= 4 is 27.5 Å². The normalized spacial score (nSPS) is 10.2. The van der Waals surface area contributed by atoms with Crippen molar-refractivity contribution in [2.75, 3.05) is 25.5 Å². The van der Waals surface area contributed by atoms with E-state index in [1.54, 1.807) is 31.1 Å². The molecule has 1 amide bonds. The Labute approximate surface area is 108 Å². The van der Waals surface area contributed by atoms with Crippen LogP contribution in [0.1, 0.15) is 5.56 Å². The molecular formula is C11H15BrFN3O. The summed E-state index contributed by atoms with van der Waals surface area (Å²) in [6.07, 6.45) is 0. The van der Waals surface area contributed by atoms with Crippen LogP contribution in [0.2, 0.25) is 0 Å². The van der Waals surface area contributed by atoms with Gasteiger partial charge in [0, 0.05) is 20.6 Å². The van der Waals surface area contributed by atoms with Gasteiger partial charge in [0.05, 0.1) is 16.7 Å². The van der Waals surface area contributed by atoms with Crippen LogP contribution < -0.4 is 16.0 Å². The Morgan fingerprint density at radius 2 is 2.24 bits per heavy atom. The van der Waals surface area contributed by atoms with Crippen molar-refractivity contribution in [2.45, 2.75) is 6.54 Å². The number of likely N-dealkylation sites (N-methyl/N-ethyl adjacent to an activating group) is 2. The van der Waals surface area contributed by atoms with E-state index in [0.29, 0.717) is 15.7 Å². The summed E-state index contributed by atoms with van der Waals surface area (Å²) in [5.41, 5.74) is 6.53. The van der Waals surface area contributed by atoms with Crippen LogP contribution in [0.4, 0.5) is 10.1 Å². The lowest BCUT2D eigenvalue weighted by Crippen LogP contribution is -2.33. The van der Waals surface area contributed by atoms with Gasteiger partial charge in [-0.05, 0) is 27.6 Å². The number of nitrogens with two attached hydrogens (primary N) is 1. The van der Waals surface area contributed by atoms with Crippen molar-refractivity contribution < 1.29 is 9.18 Å². The van der Waals surface area contributed by atoms with Crippen molar-refractivity contribution in [2.24, 2.45) is 5.73 Å². The van der Waals surface area contributed by atoms with Gasteiger partial charge in [0.25, 0.3) is 0 Å². The van der Waals surface area contributed by atoms with Crippen molar-refractivity contribution in [1.29, 1.82) is 0 Å². The largest absolute Gasteiger partial charge is 0.363 e. The van der Waals surface area contributed by atoms with E-state index >= 15 is 0 Å². The Morgan fingerprint density at radius 1 is 1.59 bits per heavy atom. The lowest BCUT2D eigenvalue weighted by atomic mass is 10.2. The Kier molecular flexibility index (Phi) is 4.89. The van der Waals surface area contributed by atoms with Crippen molar-refractivity contribution in [1.82, 2.24) is 5.32 Å². The molecule has 3 N–H and O–H groups in total. The number of nitrogens with one attached hydrogen (secondary N) is 1. The molecule has 0 spiro atoms. The highest BCUT2D eigenvalue weighted by atomic mass is 79.9. The second-order valence-corrected chi connectivity index (χ2v) is 4.40. The molecule has 0 saturated heterocycles. The maximum absolute atomic E-state index is 14.0. The highest BCUT2D eigenvalue weighted by molar-refractivity contribution is 9.10. The van der Waals surface area contributed by atoms with Crippen molar-refractivity contribution in [3.8, 4) is 0 Å². The molecule has 0 atom stereocenters. The Morgan fingerprint density at radius 3 is 2.76 bits per heavy atom. The van der Waals surface area contributed by atoms with Gasteiger partial charge in [0.2, 0.25) is 5.91 Å². The Hall–Kier alpha value is -1.14. The minimum atomic E-state index is -0.403. The molecule has 17 heavy (non-hydrogen) atoms. The van der Waals surface area contributed by atoms with E-state index in [2.05, 4.69) is 21.2 Å². The van der Waals surface area contributed by atoms with Gasteiger partial charge in [-0.15, -0.1) is 0 Å². The topological polar surface area (TPSA) is 58.4 Å². The third-order valence-electron chi connectivity index (χ3n) is 2.43. The van der Waals surface area contributed by atoms with Crippen LogP contribution in [0.25, 0.3) is 0 Å². The zero-order valence-electron chi connectivity index (χ0n) is 9.76. The summed E-state index contributed by atoms with van der Waals surface area (Å²) in [6.45, 7) is 0.360. The van der Waals surface area contributed by atoms with Gasteiger partial charge in [-0.1, -0.05) is 6.07 Å². The number of hydrogen-bond donors (Lipinski definition) is 2. The van der Waals surface area contributed by atoms with Crippen molar-refractivity contribution in [3.63, 3.8) is 0 Å². The predicted molar refractivity (Wildman–Crippen MR) is 69.3 cm³/mol. The van der Waals surface area contributed by atoms with E-state index in [1.807, 2.05) is 0 Å². The van der Waals surface area contributed by atoms with Gasteiger partial charge in [-0.2, -0.15) is 0 Å². The van der Waals surface area contributed by atoms with E-state index in [9.17, 15) is 9.18 Å². The fraction of sp³-hybridized carbons (Fsp3) is 0.364. The number of amides is 1. The van der Waals surface area contributed by atoms with Gasteiger partial charge in [0.15, 0.2) is 5.82 Å². The lowest BCUT2D eigenvalue weighted by Gasteiger charge is -2.20. The number of hydrogen-bond acceptors (Lipinski definition) is 3. The molecule has 0 unspecified atom stereocenters. The maximum atomic E-state index is 14.0. The maximum Gasteiger partial charge on any atom is 0.239 e. The molecule has 0 aliphatic heterocycles. The van der Waals surface area contributed by atoms with Gasteiger partial charge in [-0.3, -0.25) is 4.79 Å². The molecule has 1 rings (SSSR count). The zero-order chi connectivity index (χ0) is 13.0. The molecule has 1 aromatic carbocycles. The third-order valence-corrected chi connectivity index (χ3v) is 3.29. The first-order valence-electron chi connectivity index (χ1n) is 5.10. The summed E-state index contributed by atoms with van der Waals surface area (Å²) >= 11 is 3.16. The van der Waals surface area contributed by atoms with Gasteiger partial charge >= 0.3 is 0 Å².